The molecule has 0 unspecified atom stereocenters. The summed E-state index contributed by atoms with van der Waals surface area (Å²) in [5.41, 5.74) is 1.42. The van der Waals surface area contributed by atoms with Crippen LogP contribution in [0.5, 0.6) is 11.6 Å². The third-order valence-electron chi connectivity index (χ3n) is 6.07. The number of carbonyl (C=O) groups is 1. The number of ether oxygens (including phenoxy) is 1. The largest absolute Gasteiger partial charge is 0.437 e. The molecule has 1 fully saturated rings. The Labute approximate surface area is 219 Å². The van der Waals surface area contributed by atoms with Crippen molar-refractivity contribution in [2.24, 2.45) is 0 Å². The van der Waals surface area contributed by atoms with Crippen LogP contribution in [-0.4, -0.2) is 28.0 Å². The number of carbonyl (C=O) groups excluding carboxylic acids is 1. The number of nitrogens with one attached hydrogen (secondary N) is 2. The van der Waals surface area contributed by atoms with Gasteiger partial charge in [0.1, 0.15) is 17.1 Å². The van der Waals surface area contributed by atoms with Gasteiger partial charge in [0.05, 0.1) is 9.99 Å². The number of fused-ring (bicyclic) bond motifs is 1. The smallest absolute Gasteiger partial charge is 0.257 e. The third kappa shape index (κ3) is 6.10. The number of aromatic nitrogens is 2. The number of hydrogen-bond donors (Lipinski definition) is 2. The van der Waals surface area contributed by atoms with Crippen molar-refractivity contribution in [3.05, 3.63) is 89.0 Å². The summed E-state index contributed by atoms with van der Waals surface area (Å²) < 4.78 is 6.73. The first kappa shape index (κ1) is 24.9. The van der Waals surface area contributed by atoms with Crippen molar-refractivity contribution in [3.63, 3.8) is 0 Å². The number of halogens is 2. The predicted molar refractivity (Wildman–Crippen MR) is 145 cm³/mol. The molecule has 2 heterocycles. The van der Waals surface area contributed by atoms with E-state index < -0.39 is 0 Å². The fourth-order valence-corrected chi connectivity index (χ4v) is 4.64. The van der Waals surface area contributed by atoms with Crippen molar-refractivity contribution < 1.29 is 9.53 Å². The van der Waals surface area contributed by atoms with Gasteiger partial charge in [-0.2, -0.15) is 0 Å². The molecule has 1 aliphatic rings. The fourth-order valence-electron chi connectivity index (χ4n) is 4.28. The second-order valence-electron chi connectivity index (χ2n) is 8.44. The standard InChI is InChI=1S/C27H25BrN4O2.ClH/c28-22-8-2-4-10-24(22)34-27-21(7-5-17-29-27)26(33)31-20-14-12-19(13-15-20)30-25-16-11-18-6-1-3-9-23(18)32-25;/h1-11,16-17,19-20H,12-15H2,(H,30,32)(H,31,33);1H. The Morgan fingerprint density at radius 3 is 2.46 bits per heavy atom. The number of benzene rings is 2. The van der Waals surface area contributed by atoms with Crippen LogP contribution in [0, 0.1) is 0 Å². The number of pyridine rings is 2. The Morgan fingerprint density at radius 1 is 0.886 bits per heavy atom. The Bertz CT molecular complexity index is 1310. The number of anilines is 1. The summed E-state index contributed by atoms with van der Waals surface area (Å²) in [6.45, 7) is 0. The number of nitrogens with zero attached hydrogens (tertiary/aromatic N) is 2. The molecule has 1 saturated carbocycles. The SMILES string of the molecule is Cl.O=C(NC1CCC(Nc2ccc3ccccc3n2)CC1)c1cccnc1Oc1ccccc1Br. The zero-order valence-electron chi connectivity index (χ0n) is 19.0. The molecule has 8 heteroatoms. The lowest BCUT2D eigenvalue weighted by Crippen LogP contribution is -2.40. The maximum absolute atomic E-state index is 13.0. The van der Waals surface area contributed by atoms with E-state index in [-0.39, 0.29) is 24.4 Å². The summed E-state index contributed by atoms with van der Waals surface area (Å²) in [6, 6.07) is 23.7. The van der Waals surface area contributed by atoms with Crippen LogP contribution in [0.25, 0.3) is 10.9 Å². The zero-order chi connectivity index (χ0) is 23.3. The second-order valence-corrected chi connectivity index (χ2v) is 9.30. The molecule has 1 amide bonds. The quantitative estimate of drug-likeness (QED) is 0.276. The molecule has 2 aromatic carbocycles. The van der Waals surface area contributed by atoms with E-state index in [4.69, 9.17) is 9.72 Å². The van der Waals surface area contributed by atoms with E-state index in [1.54, 1.807) is 18.3 Å². The van der Waals surface area contributed by atoms with Crippen LogP contribution >= 0.6 is 28.3 Å². The van der Waals surface area contributed by atoms with Gasteiger partial charge in [-0.25, -0.2) is 9.97 Å². The predicted octanol–water partition coefficient (Wildman–Crippen LogP) is 6.76. The summed E-state index contributed by atoms with van der Waals surface area (Å²) >= 11 is 3.47. The molecule has 0 spiro atoms. The fraction of sp³-hybridized carbons (Fsp3) is 0.222. The van der Waals surface area contributed by atoms with Gasteiger partial charge in [-0.15, -0.1) is 12.4 Å². The maximum atomic E-state index is 13.0. The van der Waals surface area contributed by atoms with Gasteiger partial charge in [-0.1, -0.05) is 30.3 Å². The van der Waals surface area contributed by atoms with Crippen LogP contribution in [0.3, 0.4) is 0 Å². The second kappa shape index (κ2) is 11.5. The molecule has 1 aliphatic carbocycles. The Kier molecular flexibility index (Phi) is 8.21. The Balaban J connectivity index is 0.00000289. The summed E-state index contributed by atoms with van der Waals surface area (Å²) in [6.07, 6.45) is 5.36. The number of hydrogen-bond acceptors (Lipinski definition) is 5. The lowest BCUT2D eigenvalue weighted by atomic mass is 9.91. The summed E-state index contributed by atoms with van der Waals surface area (Å²) in [7, 11) is 0. The van der Waals surface area contributed by atoms with Gasteiger partial charge in [-0.3, -0.25) is 4.79 Å². The molecule has 0 radical (unpaired) electrons. The maximum Gasteiger partial charge on any atom is 0.257 e. The molecular formula is C27H26BrClN4O2. The molecule has 0 atom stereocenters. The first-order valence-electron chi connectivity index (χ1n) is 11.5. The first-order chi connectivity index (χ1) is 16.7. The molecular weight excluding hydrogens is 528 g/mol. The average Bonchev–Trinajstić information content (AvgIpc) is 2.87. The van der Waals surface area contributed by atoms with Gasteiger partial charge in [0.15, 0.2) is 0 Å². The monoisotopic (exact) mass is 552 g/mol. The van der Waals surface area contributed by atoms with Gasteiger partial charge in [0, 0.05) is 23.7 Å². The zero-order valence-corrected chi connectivity index (χ0v) is 21.4. The highest BCUT2D eigenvalue weighted by molar-refractivity contribution is 9.10. The van der Waals surface area contributed by atoms with Crippen molar-refractivity contribution in [2.75, 3.05) is 5.32 Å². The van der Waals surface area contributed by atoms with Gasteiger partial charge in [0.25, 0.3) is 5.91 Å². The first-order valence-corrected chi connectivity index (χ1v) is 12.3. The minimum Gasteiger partial charge on any atom is -0.437 e. The molecule has 0 aliphatic heterocycles. The normalized spacial score (nSPS) is 17.3. The molecule has 180 valence electrons. The van der Waals surface area contributed by atoms with Crippen molar-refractivity contribution >= 4 is 51.0 Å². The molecule has 0 saturated heterocycles. The topological polar surface area (TPSA) is 76.1 Å². The van der Waals surface area contributed by atoms with Crippen LogP contribution in [0.4, 0.5) is 5.82 Å². The van der Waals surface area contributed by atoms with Crippen molar-refractivity contribution in [1.29, 1.82) is 0 Å². The van der Waals surface area contributed by atoms with Crippen molar-refractivity contribution in [2.45, 2.75) is 37.8 Å². The lowest BCUT2D eigenvalue weighted by molar-refractivity contribution is 0.0923. The van der Waals surface area contributed by atoms with Crippen LogP contribution in [0.2, 0.25) is 0 Å². The highest BCUT2D eigenvalue weighted by Crippen LogP contribution is 2.30. The van der Waals surface area contributed by atoms with E-state index in [0.717, 1.165) is 46.9 Å². The average molecular weight is 554 g/mol. The van der Waals surface area contributed by atoms with Gasteiger partial charge < -0.3 is 15.4 Å². The number of para-hydroxylation sites is 2. The van der Waals surface area contributed by atoms with E-state index in [9.17, 15) is 4.79 Å². The summed E-state index contributed by atoms with van der Waals surface area (Å²) in [4.78, 5) is 22.0. The molecule has 2 aromatic heterocycles. The molecule has 6 nitrogen and oxygen atoms in total. The minimum absolute atomic E-state index is 0. The molecule has 5 rings (SSSR count). The third-order valence-corrected chi connectivity index (χ3v) is 6.73. The lowest BCUT2D eigenvalue weighted by Gasteiger charge is -2.30. The van der Waals surface area contributed by atoms with Crippen molar-refractivity contribution in [1.82, 2.24) is 15.3 Å². The van der Waals surface area contributed by atoms with E-state index in [1.807, 2.05) is 48.5 Å². The highest BCUT2D eigenvalue weighted by Gasteiger charge is 2.24. The summed E-state index contributed by atoms with van der Waals surface area (Å²) in [5, 5.41) is 7.87. The molecule has 0 bridgehead atoms. The van der Waals surface area contributed by atoms with Gasteiger partial charge in [-0.05, 0) is 84.1 Å². The van der Waals surface area contributed by atoms with Gasteiger partial charge in [0.2, 0.25) is 5.88 Å². The molecule has 2 N–H and O–H groups in total. The van der Waals surface area contributed by atoms with E-state index in [1.165, 1.54) is 0 Å². The van der Waals surface area contributed by atoms with E-state index in [0.29, 0.717) is 23.2 Å². The number of rotatable bonds is 6. The van der Waals surface area contributed by atoms with E-state index in [2.05, 4.69) is 43.7 Å². The Morgan fingerprint density at radius 2 is 1.63 bits per heavy atom. The van der Waals surface area contributed by atoms with Crippen LogP contribution in [-0.2, 0) is 0 Å². The van der Waals surface area contributed by atoms with Crippen LogP contribution < -0.4 is 15.4 Å². The Hall–Kier alpha value is -3.16. The van der Waals surface area contributed by atoms with Crippen LogP contribution in [0.15, 0.2) is 83.5 Å². The van der Waals surface area contributed by atoms with Crippen LogP contribution in [0.1, 0.15) is 36.0 Å². The minimum atomic E-state index is -0.164. The molecule has 4 aromatic rings. The highest BCUT2D eigenvalue weighted by atomic mass is 79.9. The van der Waals surface area contributed by atoms with Gasteiger partial charge >= 0.3 is 0 Å². The van der Waals surface area contributed by atoms with Crippen molar-refractivity contribution in [3.8, 4) is 11.6 Å². The molecule has 35 heavy (non-hydrogen) atoms. The number of amides is 1. The van der Waals surface area contributed by atoms with E-state index >= 15 is 0 Å². The summed E-state index contributed by atoms with van der Waals surface area (Å²) in [5.74, 6) is 1.65.